The fraction of sp³-hybridized carbons (Fsp3) is 0.417. The summed E-state index contributed by atoms with van der Waals surface area (Å²) in [5.74, 6) is 0.953. The maximum atomic E-state index is 12.7. The summed E-state index contributed by atoms with van der Waals surface area (Å²) in [4.78, 5) is 26.5. The number of amides is 1. The normalized spacial score (nSPS) is 12.6. The molecule has 12 heteroatoms. The second-order valence-electron chi connectivity index (χ2n) is 7.76. The van der Waals surface area contributed by atoms with Crippen LogP contribution in [0.3, 0.4) is 0 Å². The van der Waals surface area contributed by atoms with Gasteiger partial charge >= 0.3 is 5.97 Å². The molecule has 1 aliphatic rings. The van der Waals surface area contributed by atoms with Gasteiger partial charge in [0.15, 0.2) is 11.5 Å². The average molecular weight is 534 g/mol. The van der Waals surface area contributed by atoms with Crippen LogP contribution in [-0.2, 0) is 22.4 Å². The molecule has 0 aliphatic heterocycles. The number of hydrogen-bond donors (Lipinski definition) is 1. The van der Waals surface area contributed by atoms with Crippen molar-refractivity contribution in [1.29, 1.82) is 0 Å². The van der Waals surface area contributed by atoms with E-state index in [9.17, 15) is 9.59 Å². The molecule has 1 aromatic carbocycles. The van der Waals surface area contributed by atoms with E-state index in [4.69, 9.17) is 23.4 Å². The molecule has 1 N–H and O–H groups in total. The number of thiophene rings is 1. The summed E-state index contributed by atoms with van der Waals surface area (Å²) in [5.41, 5.74) is 2.06. The molecule has 0 spiro atoms. The molecular formula is C24H27N3O7S2. The number of thioether (sulfide) groups is 1. The summed E-state index contributed by atoms with van der Waals surface area (Å²) in [5, 5.41) is 11.7. The molecule has 3 aromatic rings. The molecule has 2 heterocycles. The highest BCUT2D eigenvalue weighted by atomic mass is 32.2. The van der Waals surface area contributed by atoms with Gasteiger partial charge in [0.05, 0.1) is 39.3 Å². The van der Waals surface area contributed by atoms with Crippen LogP contribution < -0.4 is 19.5 Å². The van der Waals surface area contributed by atoms with Crippen molar-refractivity contribution in [2.24, 2.45) is 0 Å². The third-order valence-corrected chi connectivity index (χ3v) is 7.57. The van der Waals surface area contributed by atoms with Gasteiger partial charge in [0.2, 0.25) is 17.5 Å². The van der Waals surface area contributed by atoms with E-state index in [-0.39, 0.29) is 29.4 Å². The SMILES string of the molecule is CCOC(=O)c1c(NC(=O)CSc2nnc(-c3cc(OC)c(OC)c(OC)c3)o2)sc2c1CCCC2. The van der Waals surface area contributed by atoms with E-state index in [2.05, 4.69) is 15.5 Å². The number of carbonyl (C=O) groups is 2. The molecule has 0 atom stereocenters. The van der Waals surface area contributed by atoms with Crippen LogP contribution in [0.25, 0.3) is 11.5 Å². The molecule has 0 unspecified atom stereocenters. The molecule has 1 amide bonds. The number of fused-ring (bicyclic) bond motifs is 1. The zero-order valence-corrected chi connectivity index (χ0v) is 22.1. The van der Waals surface area contributed by atoms with Crippen molar-refractivity contribution in [3.05, 3.63) is 28.1 Å². The maximum Gasteiger partial charge on any atom is 0.341 e. The van der Waals surface area contributed by atoms with Crippen molar-refractivity contribution in [2.75, 3.05) is 39.0 Å². The van der Waals surface area contributed by atoms with E-state index in [1.165, 1.54) is 32.7 Å². The highest BCUT2D eigenvalue weighted by Gasteiger charge is 2.27. The molecule has 0 saturated heterocycles. The molecule has 4 rings (SSSR count). The van der Waals surface area contributed by atoms with Crippen LogP contribution in [0.1, 0.15) is 40.6 Å². The van der Waals surface area contributed by atoms with Crippen LogP contribution in [0.4, 0.5) is 5.00 Å². The monoisotopic (exact) mass is 533 g/mol. The van der Waals surface area contributed by atoms with Gasteiger partial charge in [-0.3, -0.25) is 4.79 Å². The molecule has 192 valence electrons. The lowest BCUT2D eigenvalue weighted by molar-refractivity contribution is -0.113. The van der Waals surface area contributed by atoms with Crippen molar-refractivity contribution in [1.82, 2.24) is 10.2 Å². The number of esters is 1. The topological polar surface area (TPSA) is 122 Å². The molecule has 10 nitrogen and oxygen atoms in total. The number of methoxy groups -OCH3 is 3. The zero-order valence-electron chi connectivity index (χ0n) is 20.5. The lowest BCUT2D eigenvalue weighted by Gasteiger charge is -2.12. The van der Waals surface area contributed by atoms with Crippen molar-refractivity contribution >= 4 is 40.0 Å². The maximum absolute atomic E-state index is 12.7. The second kappa shape index (κ2) is 11.7. The highest BCUT2D eigenvalue weighted by Crippen LogP contribution is 2.41. The van der Waals surface area contributed by atoms with E-state index < -0.39 is 5.97 Å². The largest absolute Gasteiger partial charge is 0.493 e. The number of rotatable bonds is 10. The van der Waals surface area contributed by atoms with Crippen LogP contribution in [0.2, 0.25) is 0 Å². The van der Waals surface area contributed by atoms with Gasteiger partial charge in [-0.25, -0.2) is 4.79 Å². The van der Waals surface area contributed by atoms with Gasteiger partial charge in [-0.05, 0) is 50.3 Å². The van der Waals surface area contributed by atoms with Crippen LogP contribution in [0.15, 0.2) is 21.8 Å². The molecule has 1 aliphatic carbocycles. The Morgan fingerprint density at radius 1 is 1.08 bits per heavy atom. The van der Waals surface area contributed by atoms with Gasteiger partial charge < -0.3 is 28.7 Å². The number of nitrogens with one attached hydrogen (secondary N) is 1. The van der Waals surface area contributed by atoms with Crippen LogP contribution in [-0.4, -0.2) is 55.8 Å². The predicted octanol–water partition coefficient (Wildman–Crippen LogP) is 4.61. The minimum Gasteiger partial charge on any atom is -0.493 e. The minimum atomic E-state index is -0.397. The Balaban J connectivity index is 1.45. The molecule has 2 aromatic heterocycles. The number of benzene rings is 1. The first-order valence-electron chi connectivity index (χ1n) is 11.4. The number of ether oxygens (including phenoxy) is 4. The van der Waals surface area contributed by atoms with E-state index in [1.54, 1.807) is 19.1 Å². The fourth-order valence-corrected chi connectivity index (χ4v) is 5.81. The number of nitrogens with zero attached hydrogens (tertiary/aromatic N) is 2. The Hall–Kier alpha value is -3.25. The van der Waals surface area contributed by atoms with Crippen LogP contribution in [0, 0.1) is 0 Å². The summed E-state index contributed by atoms with van der Waals surface area (Å²) >= 11 is 2.55. The summed E-state index contributed by atoms with van der Waals surface area (Å²) in [6.07, 6.45) is 3.81. The van der Waals surface area contributed by atoms with E-state index in [1.807, 2.05) is 0 Å². The standard InChI is InChI=1S/C24H27N3O7S2/c1-5-33-23(29)19-14-8-6-7-9-17(14)36-22(19)25-18(28)12-35-24-27-26-21(34-24)13-10-15(30-2)20(32-4)16(11-13)31-3/h10-11H,5-9,12H2,1-4H3,(H,25,28). The first-order chi connectivity index (χ1) is 17.5. The molecule has 0 bridgehead atoms. The van der Waals surface area contributed by atoms with E-state index in [0.717, 1.165) is 47.9 Å². The molecule has 36 heavy (non-hydrogen) atoms. The Bertz CT molecular complexity index is 1230. The zero-order chi connectivity index (χ0) is 25.7. The number of anilines is 1. The first kappa shape index (κ1) is 25.8. The summed E-state index contributed by atoms with van der Waals surface area (Å²) in [6, 6.07) is 3.40. The van der Waals surface area contributed by atoms with Crippen molar-refractivity contribution in [3.63, 3.8) is 0 Å². The van der Waals surface area contributed by atoms with Crippen molar-refractivity contribution in [2.45, 2.75) is 37.8 Å². The van der Waals surface area contributed by atoms with Gasteiger partial charge in [-0.15, -0.1) is 21.5 Å². The average Bonchev–Trinajstić information content (AvgIpc) is 3.51. The third-order valence-electron chi connectivity index (χ3n) is 5.55. The lowest BCUT2D eigenvalue weighted by atomic mass is 9.95. The Morgan fingerprint density at radius 2 is 1.81 bits per heavy atom. The second-order valence-corrected chi connectivity index (χ2v) is 9.79. The Kier molecular flexibility index (Phi) is 8.36. The molecule has 0 saturated carbocycles. The first-order valence-corrected chi connectivity index (χ1v) is 13.2. The number of hydrogen-bond acceptors (Lipinski definition) is 11. The number of aryl methyl sites for hydroxylation is 1. The number of carbonyl (C=O) groups excluding carboxylic acids is 2. The third kappa shape index (κ3) is 5.44. The van der Waals surface area contributed by atoms with E-state index >= 15 is 0 Å². The van der Waals surface area contributed by atoms with Gasteiger partial charge in [0, 0.05) is 10.4 Å². The van der Waals surface area contributed by atoms with Gasteiger partial charge in [0.1, 0.15) is 5.00 Å². The van der Waals surface area contributed by atoms with Crippen LogP contribution >= 0.6 is 23.1 Å². The van der Waals surface area contributed by atoms with Gasteiger partial charge in [-0.1, -0.05) is 11.8 Å². The fourth-order valence-electron chi connectivity index (χ4n) is 3.95. The lowest BCUT2D eigenvalue weighted by Crippen LogP contribution is -2.17. The smallest absolute Gasteiger partial charge is 0.341 e. The van der Waals surface area contributed by atoms with Crippen molar-refractivity contribution in [3.8, 4) is 28.7 Å². The minimum absolute atomic E-state index is 0.0295. The predicted molar refractivity (Wildman–Crippen MR) is 136 cm³/mol. The van der Waals surface area contributed by atoms with Crippen molar-refractivity contribution < 1.29 is 33.0 Å². The quantitative estimate of drug-likeness (QED) is 0.292. The van der Waals surface area contributed by atoms with Gasteiger partial charge in [0.25, 0.3) is 5.22 Å². The van der Waals surface area contributed by atoms with Gasteiger partial charge in [-0.2, -0.15) is 0 Å². The molecule has 0 fully saturated rings. The summed E-state index contributed by atoms with van der Waals surface area (Å²) < 4.78 is 27.1. The summed E-state index contributed by atoms with van der Waals surface area (Å²) in [7, 11) is 4.56. The Morgan fingerprint density at radius 3 is 2.47 bits per heavy atom. The van der Waals surface area contributed by atoms with E-state index in [0.29, 0.717) is 33.4 Å². The summed E-state index contributed by atoms with van der Waals surface area (Å²) in [6.45, 7) is 2.04. The Labute approximate surface area is 216 Å². The molecule has 0 radical (unpaired) electrons. The number of aromatic nitrogens is 2. The highest BCUT2D eigenvalue weighted by molar-refractivity contribution is 7.99. The van der Waals surface area contributed by atoms with Crippen LogP contribution in [0.5, 0.6) is 17.2 Å². The molecular weight excluding hydrogens is 506 g/mol.